The molecule has 0 amide bonds. The van der Waals surface area contributed by atoms with E-state index < -0.39 is 4.92 Å². The van der Waals surface area contributed by atoms with Crippen molar-refractivity contribution in [1.82, 2.24) is 10.2 Å². The van der Waals surface area contributed by atoms with Crippen LogP contribution in [0.5, 0.6) is 0 Å². The second kappa shape index (κ2) is 4.56. The second-order valence-corrected chi connectivity index (χ2v) is 3.52. The molecule has 0 aliphatic rings. The Labute approximate surface area is 97.2 Å². The molecule has 1 aromatic carbocycles. The van der Waals surface area contributed by atoms with E-state index in [-0.39, 0.29) is 5.69 Å². The lowest BCUT2D eigenvalue weighted by atomic mass is 10.2. The Hall–Kier alpha value is -2.50. The molecule has 1 aromatic heterocycles. The number of hydrogen-bond acceptors (Lipinski definition) is 4. The van der Waals surface area contributed by atoms with Crippen molar-refractivity contribution < 1.29 is 4.92 Å². The number of aromatic nitrogens is 2. The molecule has 6 heteroatoms. The van der Waals surface area contributed by atoms with Gasteiger partial charge in [-0.25, -0.2) is 4.99 Å². The number of nitrogens with one attached hydrogen (secondary N) is 1. The van der Waals surface area contributed by atoms with Gasteiger partial charge in [-0.1, -0.05) is 0 Å². The van der Waals surface area contributed by atoms with Gasteiger partial charge in [0.15, 0.2) is 5.82 Å². The van der Waals surface area contributed by atoms with Crippen LogP contribution in [0, 0.1) is 17.0 Å². The summed E-state index contributed by atoms with van der Waals surface area (Å²) in [4.78, 5) is 14.2. The van der Waals surface area contributed by atoms with Gasteiger partial charge in [0, 0.05) is 30.1 Å². The highest BCUT2D eigenvalue weighted by Crippen LogP contribution is 2.12. The number of H-pyrrole nitrogens is 1. The lowest BCUT2D eigenvalue weighted by molar-refractivity contribution is -0.384. The summed E-state index contributed by atoms with van der Waals surface area (Å²) >= 11 is 0. The molecule has 0 unspecified atom stereocenters. The van der Waals surface area contributed by atoms with Crippen molar-refractivity contribution in [1.29, 1.82) is 0 Å². The number of nitrogens with zero attached hydrogens (tertiary/aromatic N) is 3. The predicted octanol–water partition coefficient (Wildman–Crippen LogP) is 2.38. The van der Waals surface area contributed by atoms with Gasteiger partial charge in [-0.05, 0) is 24.6 Å². The molecule has 2 aromatic rings. The summed E-state index contributed by atoms with van der Waals surface area (Å²) in [5.41, 5.74) is 1.79. The third-order valence-electron chi connectivity index (χ3n) is 2.14. The van der Waals surface area contributed by atoms with Gasteiger partial charge in [0.05, 0.1) is 4.92 Å². The fraction of sp³-hybridized carbons (Fsp3) is 0.0909. The van der Waals surface area contributed by atoms with Gasteiger partial charge in [0.2, 0.25) is 0 Å². The summed E-state index contributed by atoms with van der Waals surface area (Å²) in [5, 5.41) is 17.2. The first-order chi connectivity index (χ1) is 8.15. The predicted molar refractivity (Wildman–Crippen MR) is 63.7 cm³/mol. The highest BCUT2D eigenvalue weighted by Gasteiger charge is 2.02. The Balaban J connectivity index is 2.13. The van der Waals surface area contributed by atoms with Crippen LogP contribution in [0.3, 0.4) is 0 Å². The van der Waals surface area contributed by atoms with E-state index in [4.69, 9.17) is 0 Å². The molecule has 0 radical (unpaired) electrons. The molecule has 0 aliphatic heterocycles. The molecule has 6 nitrogen and oxygen atoms in total. The molecule has 0 atom stereocenters. The van der Waals surface area contributed by atoms with Gasteiger partial charge in [0.1, 0.15) is 0 Å². The fourth-order valence-corrected chi connectivity index (χ4v) is 1.29. The lowest BCUT2D eigenvalue weighted by Gasteiger charge is -1.92. The number of rotatable bonds is 3. The number of aryl methyl sites for hydroxylation is 1. The fourth-order valence-electron chi connectivity index (χ4n) is 1.29. The Morgan fingerprint density at radius 3 is 2.65 bits per heavy atom. The van der Waals surface area contributed by atoms with Crippen molar-refractivity contribution in [3.8, 4) is 0 Å². The minimum atomic E-state index is -0.433. The zero-order chi connectivity index (χ0) is 12.3. The zero-order valence-electron chi connectivity index (χ0n) is 9.12. The molecule has 1 N–H and O–H groups in total. The van der Waals surface area contributed by atoms with Gasteiger partial charge in [-0.3, -0.25) is 15.2 Å². The molecule has 0 saturated heterocycles. The Kier molecular flexibility index (Phi) is 2.95. The van der Waals surface area contributed by atoms with Crippen LogP contribution in [-0.4, -0.2) is 21.3 Å². The third-order valence-corrected chi connectivity index (χ3v) is 2.14. The quantitative estimate of drug-likeness (QED) is 0.499. The molecule has 2 rings (SSSR count). The molecule has 0 spiro atoms. The Morgan fingerprint density at radius 2 is 2.12 bits per heavy atom. The summed E-state index contributed by atoms with van der Waals surface area (Å²) in [6.07, 6.45) is 1.61. The topological polar surface area (TPSA) is 84.2 Å². The van der Waals surface area contributed by atoms with Crippen molar-refractivity contribution in [2.45, 2.75) is 6.92 Å². The largest absolute Gasteiger partial charge is 0.281 e. The lowest BCUT2D eigenvalue weighted by Crippen LogP contribution is -1.88. The highest BCUT2D eigenvalue weighted by atomic mass is 16.6. The number of aliphatic imine (C=N–C) groups is 1. The van der Waals surface area contributed by atoms with Crippen LogP contribution in [0.15, 0.2) is 35.3 Å². The molecule has 0 fully saturated rings. The molecule has 0 aliphatic carbocycles. The molecular formula is C11H10N4O2. The summed E-state index contributed by atoms with van der Waals surface area (Å²) in [7, 11) is 0. The van der Waals surface area contributed by atoms with E-state index in [9.17, 15) is 10.1 Å². The van der Waals surface area contributed by atoms with E-state index in [1.807, 2.05) is 13.0 Å². The molecule has 1 heterocycles. The van der Waals surface area contributed by atoms with Crippen molar-refractivity contribution in [2.75, 3.05) is 0 Å². The minimum absolute atomic E-state index is 0.0674. The van der Waals surface area contributed by atoms with E-state index >= 15 is 0 Å². The average molecular weight is 230 g/mol. The van der Waals surface area contributed by atoms with Crippen LogP contribution < -0.4 is 0 Å². The van der Waals surface area contributed by atoms with Crippen LogP contribution in [0.4, 0.5) is 11.5 Å². The molecule has 86 valence electrons. The van der Waals surface area contributed by atoms with E-state index in [2.05, 4.69) is 15.2 Å². The average Bonchev–Trinajstić information content (AvgIpc) is 2.73. The van der Waals surface area contributed by atoms with Crippen LogP contribution >= 0.6 is 0 Å². The second-order valence-electron chi connectivity index (χ2n) is 3.52. The third kappa shape index (κ3) is 2.75. The highest BCUT2D eigenvalue weighted by molar-refractivity contribution is 5.81. The normalized spacial score (nSPS) is 10.9. The van der Waals surface area contributed by atoms with Gasteiger partial charge < -0.3 is 0 Å². The minimum Gasteiger partial charge on any atom is -0.281 e. The van der Waals surface area contributed by atoms with Gasteiger partial charge in [-0.15, -0.1) is 0 Å². The van der Waals surface area contributed by atoms with Crippen LogP contribution in [-0.2, 0) is 0 Å². The van der Waals surface area contributed by atoms with Crippen LogP contribution in [0.1, 0.15) is 11.3 Å². The van der Waals surface area contributed by atoms with E-state index in [0.29, 0.717) is 5.82 Å². The maximum Gasteiger partial charge on any atom is 0.269 e. The van der Waals surface area contributed by atoms with Crippen LogP contribution in [0.2, 0.25) is 0 Å². The van der Waals surface area contributed by atoms with Crippen molar-refractivity contribution in [2.24, 2.45) is 4.99 Å². The van der Waals surface area contributed by atoms with Crippen molar-refractivity contribution >= 4 is 17.7 Å². The summed E-state index contributed by atoms with van der Waals surface area (Å²) in [6, 6.07) is 7.97. The number of aromatic amines is 1. The zero-order valence-corrected chi connectivity index (χ0v) is 9.12. The molecule has 0 bridgehead atoms. The first kappa shape index (κ1) is 11.0. The first-order valence-corrected chi connectivity index (χ1v) is 4.96. The summed E-state index contributed by atoms with van der Waals surface area (Å²) in [5.74, 6) is 0.584. The maximum absolute atomic E-state index is 10.5. The molecule has 0 saturated carbocycles. The van der Waals surface area contributed by atoms with Crippen molar-refractivity contribution in [3.05, 3.63) is 51.7 Å². The number of nitro benzene ring substituents is 1. The standard InChI is InChI=1S/C11H10N4O2/c1-8-6-11(14-13-8)12-7-9-2-4-10(5-3-9)15(16)17/h2-7H,1H3,(H,13,14). The number of hydrogen-bond donors (Lipinski definition) is 1. The number of benzene rings is 1. The summed E-state index contributed by atoms with van der Waals surface area (Å²) in [6.45, 7) is 1.89. The number of nitro groups is 1. The summed E-state index contributed by atoms with van der Waals surface area (Å²) < 4.78 is 0. The van der Waals surface area contributed by atoms with Gasteiger partial charge >= 0.3 is 0 Å². The Bertz CT molecular complexity index is 557. The van der Waals surface area contributed by atoms with E-state index in [1.54, 1.807) is 18.3 Å². The molecule has 17 heavy (non-hydrogen) atoms. The first-order valence-electron chi connectivity index (χ1n) is 4.96. The smallest absolute Gasteiger partial charge is 0.269 e. The maximum atomic E-state index is 10.5. The Morgan fingerprint density at radius 1 is 1.41 bits per heavy atom. The van der Waals surface area contributed by atoms with Crippen molar-refractivity contribution in [3.63, 3.8) is 0 Å². The van der Waals surface area contributed by atoms with Gasteiger partial charge in [0.25, 0.3) is 5.69 Å². The monoisotopic (exact) mass is 230 g/mol. The number of non-ortho nitro benzene ring substituents is 1. The van der Waals surface area contributed by atoms with E-state index in [1.165, 1.54) is 12.1 Å². The van der Waals surface area contributed by atoms with Crippen LogP contribution in [0.25, 0.3) is 0 Å². The SMILES string of the molecule is Cc1cc(N=Cc2ccc([N+](=O)[O-])cc2)n[nH]1. The van der Waals surface area contributed by atoms with E-state index in [0.717, 1.165) is 11.3 Å². The van der Waals surface area contributed by atoms with Gasteiger partial charge in [-0.2, -0.15) is 5.10 Å². The molecular weight excluding hydrogens is 220 g/mol.